The first-order valence-electron chi connectivity index (χ1n) is 9.58. The van der Waals surface area contributed by atoms with Crippen LogP contribution in [0.25, 0.3) is 0 Å². The van der Waals surface area contributed by atoms with Crippen LogP contribution in [0.3, 0.4) is 0 Å². The summed E-state index contributed by atoms with van der Waals surface area (Å²) < 4.78 is 18.6. The Hall–Kier alpha value is -3.66. The van der Waals surface area contributed by atoms with Gasteiger partial charge in [-0.1, -0.05) is 12.1 Å². The molecule has 1 amide bonds. The number of piperidine rings is 1. The molecule has 0 bridgehead atoms. The predicted octanol–water partition coefficient (Wildman–Crippen LogP) is 1.76. The molecular weight excluding hydrogens is 425 g/mol. The number of aliphatic hydroxyl groups is 1. The number of benzene rings is 2. The standard InChI is InChI=1S/C21H22FNO6.CH2O2/c1-29-17-10-14(5-6-16(17)24)19(26)23-8-7-18(25)21(12-23,20(27)28)11-13-3-2-4-15(22)9-13;2-1-3/h2-6,9-10,18,24-25H,7-8,11-12H2,1H3,(H,27,28);1H,(H,2,3)/t18-,21+;/m0./s1. The number of methoxy groups -OCH3 is 1. The summed E-state index contributed by atoms with van der Waals surface area (Å²) in [6, 6.07) is 9.65. The van der Waals surface area contributed by atoms with Crippen LogP contribution in [0.2, 0.25) is 0 Å². The van der Waals surface area contributed by atoms with E-state index in [4.69, 9.17) is 14.6 Å². The molecule has 1 heterocycles. The van der Waals surface area contributed by atoms with E-state index in [2.05, 4.69) is 0 Å². The molecule has 4 N–H and O–H groups in total. The van der Waals surface area contributed by atoms with Crippen molar-refractivity contribution in [3.8, 4) is 11.5 Å². The fourth-order valence-electron chi connectivity index (χ4n) is 3.72. The zero-order valence-electron chi connectivity index (χ0n) is 17.3. The molecule has 0 saturated carbocycles. The Morgan fingerprint density at radius 3 is 2.56 bits per heavy atom. The third-order valence-corrected chi connectivity index (χ3v) is 5.33. The van der Waals surface area contributed by atoms with E-state index in [1.807, 2.05) is 0 Å². The number of nitrogens with zero attached hydrogens (tertiary/aromatic N) is 1. The van der Waals surface area contributed by atoms with Crippen LogP contribution >= 0.6 is 0 Å². The van der Waals surface area contributed by atoms with Gasteiger partial charge in [-0.2, -0.15) is 0 Å². The summed E-state index contributed by atoms with van der Waals surface area (Å²) >= 11 is 0. The first-order valence-corrected chi connectivity index (χ1v) is 9.58. The zero-order valence-corrected chi connectivity index (χ0v) is 17.3. The molecule has 2 aromatic rings. The summed E-state index contributed by atoms with van der Waals surface area (Å²) in [5.41, 5.74) is -1.02. The molecule has 3 rings (SSSR count). The second-order valence-corrected chi connectivity index (χ2v) is 7.29. The first-order chi connectivity index (χ1) is 15.2. The van der Waals surface area contributed by atoms with Crippen molar-refractivity contribution in [1.82, 2.24) is 4.90 Å². The average Bonchev–Trinajstić information content (AvgIpc) is 2.75. The van der Waals surface area contributed by atoms with Crippen LogP contribution < -0.4 is 4.74 Å². The normalized spacial score (nSPS) is 20.0. The highest BCUT2D eigenvalue weighted by atomic mass is 19.1. The maximum Gasteiger partial charge on any atom is 0.314 e. The Morgan fingerprint density at radius 1 is 1.28 bits per heavy atom. The molecule has 32 heavy (non-hydrogen) atoms. The molecule has 2 atom stereocenters. The number of hydrogen-bond acceptors (Lipinski definition) is 6. The monoisotopic (exact) mass is 449 g/mol. The van der Waals surface area contributed by atoms with E-state index in [1.54, 1.807) is 6.07 Å². The number of ether oxygens (including phenoxy) is 1. The van der Waals surface area contributed by atoms with Crippen molar-refractivity contribution >= 4 is 18.3 Å². The van der Waals surface area contributed by atoms with Gasteiger partial charge in [-0.25, -0.2) is 4.39 Å². The van der Waals surface area contributed by atoms with Crippen molar-refractivity contribution in [2.24, 2.45) is 5.41 Å². The zero-order chi connectivity index (χ0) is 23.9. The minimum absolute atomic E-state index is 0.0720. The largest absolute Gasteiger partial charge is 0.504 e. The van der Waals surface area contributed by atoms with Gasteiger partial charge in [0.25, 0.3) is 12.4 Å². The lowest BCUT2D eigenvalue weighted by Crippen LogP contribution is -2.58. The summed E-state index contributed by atoms with van der Waals surface area (Å²) in [5, 5.41) is 37.1. The van der Waals surface area contributed by atoms with Crippen molar-refractivity contribution in [1.29, 1.82) is 0 Å². The molecule has 9 nitrogen and oxygen atoms in total. The van der Waals surface area contributed by atoms with Crippen molar-refractivity contribution < 1.29 is 43.9 Å². The molecule has 1 saturated heterocycles. The lowest BCUT2D eigenvalue weighted by atomic mass is 9.72. The fourth-order valence-corrected chi connectivity index (χ4v) is 3.72. The summed E-state index contributed by atoms with van der Waals surface area (Å²) in [7, 11) is 1.36. The molecule has 172 valence electrons. The molecule has 2 aromatic carbocycles. The van der Waals surface area contributed by atoms with Gasteiger partial charge >= 0.3 is 5.97 Å². The number of aromatic hydroxyl groups is 1. The maximum atomic E-state index is 13.6. The van der Waals surface area contributed by atoms with Crippen LogP contribution in [0, 0.1) is 11.2 Å². The quantitative estimate of drug-likeness (QED) is 0.506. The van der Waals surface area contributed by atoms with Gasteiger partial charge in [0.15, 0.2) is 11.5 Å². The molecule has 0 unspecified atom stereocenters. The number of amides is 1. The third-order valence-electron chi connectivity index (χ3n) is 5.33. The third kappa shape index (κ3) is 5.33. The number of carbonyl (C=O) groups is 3. The summed E-state index contributed by atoms with van der Waals surface area (Å²) in [6.07, 6.45) is -1.24. The maximum absolute atomic E-state index is 13.6. The minimum Gasteiger partial charge on any atom is -0.504 e. The average molecular weight is 449 g/mol. The van der Waals surface area contributed by atoms with E-state index in [0.717, 1.165) is 0 Å². The predicted molar refractivity (Wildman–Crippen MR) is 110 cm³/mol. The van der Waals surface area contributed by atoms with Crippen LogP contribution in [0.4, 0.5) is 4.39 Å². The van der Waals surface area contributed by atoms with Crippen molar-refractivity contribution in [3.05, 3.63) is 59.4 Å². The molecule has 0 aliphatic carbocycles. The second kappa shape index (κ2) is 10.6. The van der Waals surface area contributed by atoms with Crippen LogP contribution in [-0.2, 0) is 16.0 Å². The molecule has 10 heteroatoms. The summed E-state index contributed by atoms with van der Waals surface area (Å²) in [5.74, 6) is -2.20. The van der Waals surface area contributed by atoms with Gasteiger partial charge < -0.3 is 30.1 Å². The van der Waals surface area contributed by atoms with Crippen molar-refractivity contribution in [2.45, 2.75) is 18.9 Å². The van der Waals surface area contributed by atoms with E-state index in [1.165, 1.54) is 48.4 Å². The van der Waals surface area contributed by atoms with Crippen LogP contribution in [0.1, 0.15) is 22.3 Å². The van der Waals surface area contributed by atoms with Gasteiger partial charge in [0.1, 0.15) is 11.2 Å². The number of likely N-dealkylation sites (tertiary alicyclic amines) is 1. The smallest absolute Gasteiger partial charge is 0.314 e. The molecule has 1 aliphatic rings. The highest BCUT2D eigenvalue weighted by molar-refractivity contribution is 5.95. The fraction of sp³-hybridized carbons (Fsp3) is 0.318. The summed E-state index contributed by atoms with van der Waals surface area (Å²) in [6.45, 7) is -0.316. The number of rotatable bonds is 5. The van der Waals surface area contributed by atoms with Crippen LogP contribution in [-0.4, -0.2) is 70.0 Å². The first kappa shape index (κ1) is 24.6. The molecule has 1 fully saturated rings. The highest BCUT2D eigenvalue weighted by Gasteiger charge is 2.50. The van der Waals surface area contributed by atoms with E-state index in [0.29, 0.717) is 5.56 Å². The minimum atomic E-state index is -1.66. The Bertz CT molecular complexity index is 982. The number of phenolic OH excluding ortho intramolecular Hbond substituents is 1. The lowest BCUT2D eigenvalue weighted by Gasteiger charge is -2.43. The lowest BCUT2D eigenvalue weighted by molar-refractivity contribution is -0.161. The van der Waals surface area contributed by atoms with Gasteiger partial charge in [0, 0.05) is 18.7 Å². The Balaban J connectivity index is 0.00000114. The topological polar surface area (TPSA) is 145 Å². The van der Waals surface area contributed by atoms with Crippen molar-refractivity contribution in [2.75, 3.05) is 20.2 Å². The van der Waals surface area contributed by atoms with E-state index >= 15 is 0 Å². The van der Waals surface area contributed by atoms with Crippen LogP contribution in [0.15, 0.2) is 42.5 Å². The molecule has 1 aliphatic heterocycles. The van der Waals surface area contributed by atoms with Gasteiger partial charge in [-0.05, 0) is 48.7 Å². The number of hydrogen-bond donors (Lipinski definition) is 4. The Morgan fingerprint density at radius 2 is 1.97 bits per heavy atom. The molecule has 0 spiro atoms. The number of aliphatic carboxylic acids is 1. The number of carbonyl (C=O) groups excluding carboxylic acids is 1. The van der Waals surface area contributed by atoms with E-state index in [9.17, 15) is 29.3 Å². The number of aliphatic hydroxyl groups excluding tert-OH is 1. The van der Waals surface area contributed by atoms with E-state index < -0.39 is 29.2 Å². The number of phenols is 1. The van der Waals surface area contributed by atoms with Gasteiger partial charge in [0.05, 0.1) is 13.2 Å². The summed E-state index contributed by atoms with van der Waals surface area (Å²) in [4.78, 5) is 34.9. The number of carboxylic acid groups (broad SMARTS) is 2. The molecule has 0 radical (unpaired) electrons. The second-order valence-electron chi connectivity index (χ2n) is 7.29. The number of carboxylic acids is 1. The Kier molecular flexibility index (Phi) is 8.14. The van der Waals surface area contributed by atoms with Gasteiger partial charge in [-0.15, -0.1) is 0 Å². The van der Waals surface area contributed by atoms with Crippen molar-refractivity contribution in [3.63, 3.8) is 0 Å². The SMILES string of the molecule is COc1cc(C(=O)N2CC[C@H](O)[C@](Cc3cccc(F)c3)(C(=O)O)C2)ccc1O.O=CO. The van der Waals surface area contributed by atoms with Gasteiger partial charge in [-0.3, -0.25) is 14.4 Å². The van der Waals surface area contributed by atoms with Crippen LogP contribution in [0.5, 0.6) is 11.5 Å². The highest BCUT2D eigenvalue weighted by Crippen LogP contribution is 2.36. The number of halogens is 1. The van der Waals surface area contributed by atoms with E-state index in [-0.39, 0.29) is 49.5 Å². The van der Waals surface area contributed by atoms with Gasteiger partial charge in [0.2, 0.25) is 0 Å². The molecule has 0 aromatic heterocycles. The molecular formula is C22H24FNO8. The Labute approximate surface area is 183 Å².